The Morgan fingerprint density at radius 3 is 2.69 bits per heavy atom. The van der Waals surface area contributed by atoms with Gasteiger partial charge in [0.25, 0.3) is 0 Å². The van der Waals surface area contributed by atoms with Crippen LogP contribution in [0.4, 0.5) is 5.82 Å². The van der Waals surface area contributed by atoms with E-state index in [0.717, 1.165) is 0 Å². The maximum Gasteiger partial charge on any atom is 0.240 e. The van der Waals surface area contributed by atoms with Crippen molar-refractivity contribution in [2.45, 2.75) is 36.2 Å². The van der Waals surface area contributed by atoms with Crippen molar-refractivity contribution < 1.29 is 13.5 Å². The Hall–Kier alpha value is -1.74. The first-order chi connectivity index (χ1) is 12.4. The second kappa shape index (κ2) is 7.87. The van der Waals surface area contributed by atoms with Crippen LogP contribution in [0, 0.1) is 5.92 Å². The Balaban J connectivity index is 1.77. The van der Waals surface area contributed by atoms with Gasteiger partial charge in [0.15, 0.2) is 11.0 Å². The summed E-state index contributed by atoms with van der Waals surface area (Å²) in [5, 5.41) is 10.2. The zero-order chi connectivity index (χ0) is 18.7. The van der Waals surface area contributed by atoms with E-state index >= 15 is 0 Å². The van der Waals surface area contributed by atoms with E-state index in [1.165, 1.54) is 0 Å². The van der Waals surface area contributed by atoms with E-state index in [2.05, 4.69) is 14.7 Å². The maximum absolute atomic E-state index is 12.5. The summed E-state index contributed by atoms with van der Waals surface area (Å²) in [5.74, 6) is -0.0261. The minimum atomic E-state index is -3.59. The molecule has 3 atom stereocenters. The second-order valence-electron chi connectivity index (χ2n) is 6.47. The average molecular weight is 397 g/mol. The van der Waals surface area contributed by atoms with E-state index in [9.17, 15) is 13.5 Å². The van der Waals surface area contributed by atoms with Crippen LogP contribution in [-0.2, 0) is 10.0 Å². The summed E-state index contributed by atoms with van der Waals surface area (Å²) in [6.07, 6.45) is 2.85. The van der Waals surface area contributed by atoms with E-state index < -0.39 is 16.1 Å². The lowest BCUT2D eigenvalue weighted by atomic mass is 9.76. The Morgan fingerprint density at radius 2 is 2.00 bits per heavy atom. The smallest absolute Gasteiger partial charge is 0.240 e. The summed E-state index contributed by atoms with van der Waals surface area (Å²) < 4.78 is 27.6. The van der Waals surface area contributed by atoms with Crippen LogP contribution in [0.2, 0.25) is 5.15 Å². The third-order valence-electron chi connectivity index (χ3n) is 4.71. The number of hydrogen-bond donors (Lipinski definition) is 3. The van der Waals surface area contributed by atoms with Gasteiger partial charge in [-0.05, 0) is 37.3 Å². The van der Waals surface area contributed by atoms with Gasteiger partial charge in [-0.25, -0.2) is 23.1 Å². The van der Waals surface area contributed by atoms with Crippen LogP contribution in [-0.4, -0.2) is 36.1 Å². The fraction of sp³-hybridized carbons (Fsp3) is 0.412. The van der Waals surface area contributed by atoms with Crippen molar-refractivity contribution >= 4 is 27.4 Å². The van der Waals surface area contributed by atoms with Gasteiger partial charge in [0.05, 0.1) is 22.9 Å². The van der Waals surface area contributed by atoms with Crippen LogP contribution in [0.1, 0.15) is 30.9 Å². The van der Waals surface area contributed by atoms with Gasteiger partial charge in [-0.1, -0.05) is 29.8 Å². The van der Waals surface area contributed by atoms with Crippen LogP contribution < -0.4 is 10.5 Å². The predicted molar refractivity (Wildman–Crippen MR) is 99.2 cm³/mol. The molecule has 0 radical (unpaired) electrons. The Labute approximate surface area is 157 Å². The molecule has 1 aromatic heterocycles. The van der Waals surface area contributed by atoms with E-state index in [1.807, 2.05) is 0 Å². The monoisotopic (exact) mass is 396 g/mol. The number of sulfonamides is 1. The van der Waals surface area contributed by atoms with Gasteiger partial charge in [-0.3, -0.25) is 0 Å². The number of anilines is 1. The van der Waals surface area contributed by atoms with Gasteiger partial charge in [-0.2, -0.15) is 0 Å². The zero-order valence-electron chi connectivity index (χ0n) is 14.0. The molecule has 2 aromatic rings. The lowest BCUT2D eigenvalue weighted by molar-refractivity contribution is 0.0936. The third-order valence-corrected chi connectivity index (χ3v) is 6.43. The molecule has 1 saturated carbocycles. The van der Waals surface area contributed by atoms with Crippen LogP contribution in [0.5, 0.6) is 0 Å². The molecule has 9 heteroatoms. The molecule has 1 fully saturated rings. The molecule has 1 aliphatic rings. The van der Waals surface area contributed by atoms with Crippen molar-refractivity contribution in [1.82, 2.24) is 14.7 Å². The molecule has 0 aliphatic heterocycles. The van der Waals surface area contributed by atoms with Gasteiger partial charge >= 0.3 is 0 Å². The van der Waals surface area contributed by atoms with Crippen LogP contribution in [0.15, 0.2) is 41.4 Å². The number of nitrogen functional groups attached to an aromatic ring is 1. The first-order valence-electron chi connectivity index (χ1n) is 8.37. The first-order valence-corrected chi connectivity index (χ1v) is 10.2. The lowest BCUT2D eigenvalue weighted by Gasteiger charge is -2.33. The molecule has 0 spiro atoms. The van der Waals surface area contributed by atoms with Gasteiger partial charge < -0.3 is 10.8 Å². The summed E-state index contributed by atoms with van der Waals surface area (Å²) >= 11 is 5.97. The molecule has 1 aliphatic carbocycles. The molecule has 0 bridgehead atoms. The maximum atomic E-state index is 12.5. The number of aliphatic hydroxyl groups excluding tert-OH is 1. The van der Waals surface area contributed by atoms with Crippen molar-refractivity contribution in [3.63, 3.8) is 0 Å². The molecule has 7 nitrogen and oxygen atoms in total. The highest BCUT2D eigenvalue weighted by Crippen LogP contribution is 2.37. The highest BCUT2D eigenvalue weighted by atomic mass is 35.5. The second-order valence-corrected chi connectivity index (χ2v) is 8.59. The molecule has 4 N–H and O–H groups in total. The zero-order valence-corrected chi connectivity index (χ0v) is 15.6. The fourth-order valence-corrected chi connectivity index (χ4v) is 4.55. The summed E-state index contributed by atoms with van der Waals surface area (Å²) in [6, 6.07) is 8.23. The number of benzene rings is 1. The fourth-order valence-electron chi connectivity index (χ4n) is 3.28. The minimum Gasteiger partial charge on any atom is -0.393 e. The number of halogens is 1. The summed E-state index contributed by atoms with van der Waals surface area (Å²) in [7, 11) is -3.59. The molecular weight excluding hydrogens is 376 g/mol. The molecular formula is C17H21ClN4O3S. The van der Waals surface area contributed by atoms with E-state index in [4.69, 9.17) is 17.3 Å². The Kier molecular flexibility index (Phi) is 5.76. The molecule has 3 unspecified atom stereocenters. The Bertz CT molecular complexity index is 864. The number of rotatable bonds is 5. The molecule has 0 amide bonds. The molecule has 3 rings (SSSR count). The normalized spacial score (nSPS) is 23.7. The average Bonchev–Trinajstić information content (AvgIpc) is 2.64. The van der Waals surface area contributed by atoms with Crippen molar-refractivity contribution in [1.29, 1.82) is 0 Å². The van der Waals surface area contributed by atoms with Crippen LogP contribution in [0.3, 0.4) is 0 Å². The summed E-state index contributed by atoms with van der Waals surface area (Å²) in [6.45, 7) is 0.248. The highest BCUT2D eigenvalue weighted by Gasteiger charge is 2.33. The van der Waals surface area contributed by atoms with E-state index in [0.29, 0.717) is 25.0 Å². The predicted octanol–water partition coefficient (Wildman–Crippen LogP) is 1.94. The quantitative estimate of drug-likeness (QED) is 0.710. The molecule has 26 heavy (non-hydrogen) atoms. The van der Waals surface area contributed by atoms with Crippen LogP contribution in [0.25, 0.3) is 0 Å². The minimum absolute atomic E-state index is 0.0223. The SMILES string of the molecule is Nc1ncc(C2CC(O)CCC2CNS(=O)(=O)c2ccccc2)nc1Cl. The lowest BCUT2D eigenvalue weighted by Crippen LogP contribution is -2.36. The standard InChI is InChI=1S/C17H21ClN4O3S/c18-16-17(19)20-10-15(22-16)14-8-12(23)7-6-11(14)9-21-26(24,25)13-4-2-1-3-5-13/h1-5,10-12,14,21,23H,6-9H2,(H2,19,20). The number of nitrogens with two attached hydrogens (primary N) is 1. The number of aliphatic hydroxyl groups is 1. The van der Waals surface area contributed by atoms with Gasteiger partial charge in [0.2, 0.25) is 10.0 Å². The van der Waals surface area contributed by atoms with Crippen molar-refractivity contribution in [3.8, 4) is 0 Å². The van der Waals surface area contributed by atoms with Crippen LogP contribution >= 0.6 is 11.6 Å². The van der Waals surface area contributed by atoms with E-state index in [1.54, 1.807) is 36.5 Å². The highest BCUT2D eigenvalue weighted by molar-refractivity contribution is 7.89. The Morgan fingerprint density at radius 1 is 1.27 bits per heavy atom. The number of nitrogens with zero attached hydrogens (tertiary/aromatic N) is 2. The van der Waals surface area contributed by atoms with Crippen molar-refractivity contribution in [2.24, 2.45) is 5.92 Å². The van der Waals surface area contributed by atoms with Gasteiger partial charge in [0, 0.05) is 12.5 Å². The third kappa shape index (κ3) is 4.32. The largest absolute Gasteiger partial charge is 0.393 e. The summed E-state index contributed by atoms with van der Waals surface area (Å²) in [5.41, 5.74) is 6.23. The van der Waals surface area contributed by atoms with Gasteiger partial charge in [0.1, 0.15) is 0 Å². The van der Waals surface area contributed by atoms with Gasteiger partial charge in [-0.15, -0.1) is 0 Å². The number of hydrogen-bond acceptors (Lipinski definition) is 6. The van der Waals surface area contributed by atoms with Crippen molar-refractivity contribution in [3.05, 3.63) is 47.4 Å². The number of nitrogens with one attached hydrogen (secondary N) is 1. The van der Waals surface area contributed by atoms with E-state index in [-0.39, 0.29) is 34.2 Å². The number of aromatic nitrogens is 2. The molecule has 1 heterocycles. The summed E-state index contributed by atoms with van der Waals surface area (Å²) in [4.78, 5) is 8.53. The molecule has 1 aromatic carbocycles. The molecule has 0 saturated heterocycles. The topological polar surface area (TPSA) is 118 Å². The first kappa shape index (κ1) is 19.0. The van der Waals surface area contributed by atoms with Crippen molar-refractivity contribution in [2.75, 3.05) is 12.3 Å². The molecule has 140 valence electrons.